The summed E-state index contributed by atoms with van der Waals surface area (Å²) in [5, 5.41) is 16.6. The molecular weight excluding hydrogens is 1070 g/mol. The van der Waals surface area contributed by atoms with E-state index in [0.29, 0.717) is 45.5 Å². The average molecular weight is 1150 g/mol. The minimum atomic E-state index is -0.677. The van der Waals surface area contributed by atoms with Crippen LogP contribution >= 0.6 is 34.3 Å². The number of rotatable bonds is 23. The van der Waals surface area contributed by atoms with Crippen molar-refractivity contribution in [3.63, 3.8) is 0 Å². The third-order valence-electron chi connectivity index (χ3n) is 16.7. The minimum absolute atomic E-state index is 0.0865. The van der Waals surface area contributed by atoms with Crippen LogP contribution < -0.4 is 15.2 Å². The topological polar surface area (TPSA) is 118 Å². The zero-order valence-electron chi connectivity index (χ0n) is 47.0. The summed E-state index contributed by atoms with van der Waals surface area (Å²) in [5.41, 5.74) is 8.89. The zero-order chi connectivity index (χ0) is 56.4. The van der Waals surface area contributed by atoms with Crippen LogP contribution in [0.15, 0.2) is 108 Å². The number of unbranched alkanes of at least 4 members (excludes halogenated alkanes) is 6. The number of hydrazone groups is 2. The molecule has 2 aliphatic carbocycles. The van der Waals surface area contributed by atoms with E-state index in [0.717, 1.165) is 89.2 Å². The number of ether oxygens (including phenoxy) is 1. The molecule has 10 rings (SSSR count). The Labute approximate surface area is 488 Å². The van der Waals surface area contributed by atoms with E-state index in [4.69, 9.17) is 26.4 Å². The third kappa shape index (κ3) is 14.2. The lowest BCUT2D eigenvalue weighted by molar-refractivity contribution is -0.128. The predicted molar refractivity (Wildman–Crippen MR) is 333 cm³/mol. The molecule has 2 aliphatic rings. The lowest BCUT2D eigenvalue weighted by Gasteiger charge is -2.35. The first-order chi connectivity index (χ1) is 39.4. The van der Waals surface area contributed by atoms with Crippen molar-refractivity contribution in [3.05, 3.63) is 148 Å². The lowest BCUT2D eigenvalue weighted by atomic mass is 9.70. The van der Waals surface area contributed by atoms with Crippen molar-refractivity contribution in [2.75, 3.05) is 17.0 Å². The molecule has 1 N–H and O–H groups in total. The van der Waals surface area contributed by atoms with Crippen LogP contribution in [0.5, 0.6) is 5.75 Å². The van der Waals surface area contributed by atoms with E-state index < -0.39 is 17.6 Å². The summed E-state index contributed by atoms with van der Waals surface area (Å²) in [6.07, 6.45) is 24.1. The Kier molecular flexibility index (Phi) is 19.3. The summed E-state index contributed by atoms with van der Waals surface area (Å²) in [4.78, 5) is 30.8. The first-order valence-electron chi connectivity index (χ1n) is 29.2. The van der Waals surface area contributed by atoms with Gasteiger partial charge in [0.2, 0.25) is 10.3 Å². The Morgan fingerprint density at radius 3 is 2.37 bits per heavy atom. The molecule has 2 saturated carbocycles. The molecule has 2 fully saturated rings. The first kappa shape index (κ1) is 57.7. The van der Waals surface area contributed by atoms with E-state index in [9.17, 15) is 4.79 Å². The van der Waals surface area contributed by atoms with Crippen molar-refractivity contribution in [2.45, 2.75) is 149 Å². The number of carbonyl (C=O) groups excluding carboxylic acids is 1. The van der Waals surface area contributed by atoms with Crippen molar-refractivity contribution >= 4 is 94.3 Å². The predicted octanol–water partition coefficient (Wildman–Crippen LogP) is 18.8. The number of anilines is 2. The molecule has 0 amide bonds. The number of carbonyl (C=O) groups is 1. The summed E-state index contributed by atoms with van der Waals surface area (Å²) in [6, 6.07) is 27.2. The Hall–Kier alpha value is -6.48. The average Bonchev–Trinajstić information content (AvgIpc) is 4.31. The highest BCUT2D eigenvalue weighted by Gasteiger charge is 2.32. The van der Waals surface area contributed by atoms with Gasteiger partial charge in [-0.1, -0.05) is 154 Å². The molecular formula is C66H73ClF2N8O2S2. The van der Waals surface area contributed by atoms with Gasteiger partial charge in [-0.25, -0.2) is 33.5 Å². The molecule has 0 spiro atoms. The Balaban J connectivity index is 0.757. The zero-order valence-corrected chi connectivity index (χ0v) is 49.4. The standard InChI is InChI=1S/C66H73ClF2N8O2S2/c1-6-8-9-10-11-16-33-77(66-74-62-54-20-15-14-19-47(54)29-32-59(62)80-66)71-40-51-34-45(24-30-53(51)48-25-21-41(3)55(67)36-48)18-13-12-17-44-22-26-46(27-23-44)50-37-56(68)61(57(69)38-50)49-28-31-58(79-60(78)7-2)52(35-49)39-70-76-65-75-64-63(81-65)42(4)72-43(5)73-64/h7,14-15,19-21,25,28-29,31-32,35-40,44-46,51,53H,2,6,8-13,16-18,22-24,26-27,30,33-34H2,1,3-5H3,(H,72,73,75,76)/b70-39+,71-40+. The monoisotopic (exact) mass is 1150 g/mol. The molecule has 15 heteroatoms. The smallest absolute Gasteiger partial charge is 0.335 e. The van der Waals surface area contributed by atoms with Crippen LogP contribution in [0.1, 0.15) is 162 Å². The van der Waals surface area contributed by atoms with Crippen LogP contribution in [0.25, 0.3) is 42.5 Å². The number of aromatic nitrogens is 4. The number of esters is 1. The maximum atomic E-state index is 16.2. The number of aryl methyl sites for hydroxylation is 3. The second-order valence-corrected chi connectivity index (χ2v) is 24.8. The second kappa shape index (κ2) is 27.1. The third-order valence-corrected chi connectivity index (χ3v) is 19.2. The molecule has 10 nitrogen and oxygen atoms in total. The number of nitrogens with one attached hydrogen (secondary N) is 1. The number of hydrogen-bond donors (Lipinski definition) is 1. The van der Waals surface area contributed by atoms with Gasteiger partial charge in [0.15, 0.2) is 5.65 Å². The van der Waals surface area contributed by atoms with Crippen LogP contribution in [0, 0.1) is 50.2 Å². The van der Waals surface area contributed by atoms with Crippen LogP contribution in [-0.4, -0.2) is 44.9 Å². The highest BCUT2D eigenvalue weighted by molar-refractivity contribution is 7.22. The van der Waals surface area contributed by atoms with Crippen molar-refractivity contribution < 1.29 is 18.3 Å². The van der Waals surface area contributed by atoms with Crippen molar-refractivity contribution in [3.8, 4) is 16.9 Å². The number of benzene rings is 5. The Morgan fingerprint density at radius 1 is 0.815 bits per heavy atom. The molecule has 3 atom stereocenters. The molecule has 8 aromatic rings. The summed E-state index contributed by atoms with van der Waals surface area (Å²) in [6.45, 7) is 12.4. The van der Waals surface area contributed by atoms with Gasteiger partial charge >= 0.3 is 5.97 Å². The highest BCUT2D eigenvalue weighted by Crippen LogP contribution is 2.45. The number of nitrogens with zero attached hydrogens (tertiary/aromatic N) is 7. The van der Waals surface area contributed by atoms with Crippen molar-refractivity contribution in [1.29, 1.82) is 0 Å². The molecule has 5 aromatic carbocycles. The molecule has 0 saturated heterocycles. The van der Waals surface area contributed by atoms with E-state index in [1.54, 1.807) is 23.5 Å². The van der Waals surface area contributed by atoms with Gasteiger partial charge in [0.1, 0.15) is 23.2 Å². The molecule has 3 aromatic heterocycles. The van der Waals surface area contributed by atoms with E-state index in [2.05, 4.69) is 112 Å². The highest BCUT2D eigenvalue weighted by atomic mass is 35.5. The van der Waals surface area contributed by atoms with Crippen LogP contribution in [0.4, 0.5) is 19.0 Å². The fraction of sp³-hybridized carbons (Fsp3) is 0.409. The van der Waals surface area contributed by atoms with E-state index in [1.807, 2.05) is 13.8 Å². The van der Waals surface area contributed by atoms with Gasteiger partial charge in [-0.3, -0.25) is 5.43 Å². The van der Waals surface area contributed by atoms with E-state index in [1.165, 1.54) is 121 Å². The summed E-state index contributed by atoms with van der Waals surface area (Å²) in [7, 11) is 0. The largest absolute Gasteiger partial charge is 0.423 e. The quantitative estimate of drug-likeness (QED) is 0.0168. The number of hydrogen-bond acceptors (Lipinski definition) is 12. The molecule has 3 unspecified atom stereocenters. The number of fused-ring (bicyclic) bond motifs is 4. The summed E-state index contributed by atoms with van der Waals surface area (Å²) in [5.74, 6) is 0.758. The SMILES string of the molecule is C=CC(=O)Oc1ccc(-c2c(F)cc(C3CCC(CCCCC4CCC(c5ccc(C)c(Cl)c5)C(/C=N/N(CCCCCCCC)c5nc6c(ccc7ccccc76)s5)C4)CC3)cc2F)cc1/C=N/Nc1nc2nc(C)nc(C)c2s1. The van der Waals surface area contributed by atoms with Gasteiger partial charge in [-0.05, 0) is 160 Å². The fourth-order valence-corrected chi connectivity index (χ4v) is 14.2. The van der Waals surface area contributed by atoms with Crippen LogP contribution in [-0.2, 0) is 4.79 Å². The Bertz CT molecular complexity index is 3550. The van der Waals surface area contributed by atoms with Gasteiger partial charge in [0.25, 0.3) is 0 Å². The summed E-state index contributed by atoms with van der Waals surface area (Å²) >= 11 is 9.88. The maximum absolute atomic E-state index is 16.2. The number of thiazole rings is 2. The molecule has 0 radical (unpaired) electrons. The second-order valence-electron chi connectivity index (χ2n) is 22.4. The van der Waals surface area contributed by atoms with Crippen LogP contribution in [0.2, 0.25) is 5.02 Å². The molecule has 422 valence electrons. The number of halogens is 3. The summed E-state index contributed by atoms with van der Waals surface area (Å²) < 4.78 is 39.9. The molecule has 81 heavy (non-hydrogen) atoms. The Morgan fingerprint density at radius 2 is 1.58 bits per heavy atom. The van der Waals surface area contributed by atoms with Crippen molar-refractivity contribution in [1.82, 2.24) is 19.9 Å². The maximum Gasteiger partial charge on any atom is 0.335 e. The minimum Gasteiger partial charge on any atom is -0.423 e. The van der Waals surface area contributed by atoms with Gasteiger partial charge in [0.05, 0.1) is 32.4 Å². The van der Waals surface area contributed by atoms with E-state index in [-0.39, 0.29) is 28.7 Å². The van der Waals surface area contributed by atoms with Gasteiger partial charge in [-0.15, -0.1) is 0 Å². The normalized spacial score (nSPS) is 18.6. The van der Waals surface area contributed by atoms with Gasteiger partial charge in [-0.2, -0.15) is 15.2 Å². The van der Waals surface area contributed by atoms with Gasteiger partial charge in [0, 0.05) is 40.7 Å². The lowest BCUT2D eigenvalue weighted by Crippen LogP contribution is -2.27. The van der Waals surface area contributed by atoms with Crippen LogP contribution in [0.3, 0.4) is 0 Å². The fourth-order valence-electron chi connectivity index (χ4n) is 12.3. The molecule has 0 bridgehead atoms. The molecule has 3 heterocycles. The molecule has 0 aliphatic heterocycles. The van der Waals surface area contributed by atoms with Gasteiger partial charge < -0.3 is 4.74 Å². The van der Waals surface area contributed by atoms with E-state index >= 15 is 8.78 Å². The first-order valence-corrected chi connectivity index (χ1v) is 31.2. The van der Waals surface area contributed by atoms with Crippen molar-refractivity contribution in [2.24, 2.45) is 28.0 Å².